The molecule has 0 saturated carbocycles. The number of piperidine rings is 1. The van der Waals surface area contributed by atoms with Crippen LogP contribution in [0.4, 0.5) is 4.39 Å². The van der Waals surface area contributed by atoms with Gasteiger partial charge in [-0.3, -0.25) is 4.79 Å². The Morgan fingerprint density at radius 1 is 1.29 bits per heavy atom. The lowest BCUT2D eigenvalue weighted by molar-refractivity contribution is 0.0674. The van der Waals surface area contributed by atoms with Crippen molar-refractivity contribution in [3.63, 3.8) is 0 Å². The maximum absolute atomic E-state index is 13.2. The Labute approximate surface area is 129 Å². The van der Waals surface area contributed by atoms with Gasteiger partial charge in [-0.2, -0.15) is 0 Å². The second-order valence-electron chi connectivity index (χ2n) is 5.96. The molecule has 1 aromatic rings. The van der Waals surface area contributed by atoms with Crippen molar-refractivity contribution < 1.29 is 9.18 Å². The van der Waals surface area contributed by atoms with Gasteiger partial charge in [0.05, 0.1) is 5.02 Å². The first-order chi connectivity index (χ1) is 10.1. The van der Waals surface area contributed by atoms with Crippen molar-refractivity contribution in [3.8, 4) is 0 Å². The molecular weight excluding hydrogens is 291 g/mol. The van der Waals surface area contributed by atoms with Crippen molar-refractivity contribution in [1.29, 1.82) is 0 Å². The number of halogens is 2. The minimum Gasteiger partial charge on any atom is -0.339 e. The van der Waals surface area contributed by atoms with Gasteiger partial charge in [0.15, 0.2) is 0 Å². The number of hydrogen-bond donors (Lipinski definition) is 1. The summed E-state index contributed by atoms with van der Waals surface area (Å²) in [6.45, 7) is 2.67. The highest BCUT2D eigenvalue weighted by Crippen LogP contribution is 2.27. The fourth-order valence-corrected chi connectivity index (χ4v) is 3.61. The van der Waals surface area contributed by atoms with Gasteiger partial charge in [0.25, 0.3) is 5.91 Å². The zero-order valence-corrected chi connectivity index (χ0v) is 12.7. The van der Waals surface area contributed by atoms with Gasteiger partial charge in [0.2, 0.25) is 0 Å². The van der Waals surface area contributed by atoms with Crippen LogP contribution < -0.4 is 5.32 Å². The van der Waals surface area contributed by atoms with Crippen LogP contribution >= 0.6 is 11.6 Å². The summed E-state index contributed by atoms with van der Waals surface area (Å²) in [6, 6.07) is 4.81. The van der Waals surface area contributed by atoms with Gasteiger partial charge in [-0.25, -0.2) is 4.39 Å². The summed E-state index contributed by atoms with van der Waals surface area (Å²) in [5.74, 6) is 0.141. The van der Waals surface area contributed by atoms with Crippen LogP contribution in [-0.4, -0.2) is 36.5 Å². The molecule has 1 aromatic carbocycles. The van der Waals surface area contributed by atoms with Crippen LogP contribution in [-0.2, 0) is 0 Å². The summed E-state index contributed by atoms with van der Waals surface area (Å²) in [4.78, 5) is 14.3. The second-order valence-corrected chi connectivity index (χ2v) is 6.37. The molecule has 114 valence electrons. The Morgan fingerprint density at radius 3 is 2.67 bits per heavy atom. The van der Waals surface area contributed by atoms with Gasteiger partial charge in [-0.1, -0.05) is 11.6 Å². The zero-order valence-electron chi connectivity index (χ0n) is 11.9. The first-order valence-corrected chi connectivity index (χ1v) is 8.00. The van der Waals surface area contributed by atoms with Crippen LogP contribution in [0.3, 0.4) is 0 Å². The lowest BCUT2D eigenvalue weighted by Gasteiger charge is -2.35. The van der Waals surface area contributed by atoms with E-state index in [1.54, 1.807) is 0 Å². The molecule has 3 nitrogen and oxygen atoms in total. The van der Waals surface area contributed by atoms with Gasteiger partial charge in [-0.05, 0) is 56.3 Å². The maximum Gasteiger partial charge on any atom is 0.253 e. The molecule has 1 N–H and O–H groups in total. The first kappa shape index (κ1) is 14.8. The van der Waals surface area contributed by atoms with Crippen LogP contribution in [0.5, 0.6) is 0 Å². The van der Waals surface area contributed by atoms with E-state index in [0.717, 1.165) is 32.5 Å². The van der Waals surface area contributed by atoms with Crippen molar-refractivity contribution in [1.82, 2.24) is 10.2 Å². The Kier molecular flexibility index (Phi) is 4.45. The number of carbonyl (C=O) groups excluding carboxylic acids is 1. The lowest BCUT2D eigenvalue weighted by Crippen LogP contribution is -2.43. The zero-order chi connectivity index (χ0) is 14.8. The van der Waals surface area contributed by atoms with Crippen LogP contribution in [0, 0.1) is 11.7 Å². The Morgan fingerprint density at radius 2 is 2.05 bits per heavy atom. The van der Waals surface area contributed by atoms with E-state index in [0.29, 0.717) is 17.5 Å². The molecule has 2 aliphatic heterocycles. The van der Waals surface area contributed by atoms with E-state index in [2.05, 4.69) is 5.32 Å². The number of hydrogen-bond acceptors (Lipinski definition) is 2. The molecule has 21 heavy (non-hydrogen) atoms. The van der Waals surface area contributed by atoms with Crippen LogP contribution in [0.1, 0.15) is 36.0 Å². The fourth-order valence-electron chi connectivity index (χ4n) is 3.43. The van der Waals surface area contributed by atoms with Crippen molar-refractivity contribution in [2.75, 3.05) is 19.6 Å². The smallest absolute Gasteiger partial charge is 0.253 e. The van der Waals surface area contributed by atoms with E-state index in [1.165, 1.54) is 31.0 Å². The van der Waals surface area contributed by atoms with E-state index in [4.69, 9.17) is 11.6 Å². The topological polar surface area (TPSA) is 32.3 Å². The molecule has 3 rings (SSSR count). The van der Waals surface area contributed by atoms with Crippen LogP contribution in [0.25, 0.3) is 0 Å². The van der Waals surface area contributed by atoms with Crippen molar-refractivity contribution >= 4 is 17.5 Å². The predicted molar refractivity (Wildman–Crippen MR) is 81.1 cm³/mol. The molecule has 2 aliphatic rings. The van der Waals surface area contributed by atoms with Crippen molar-refractivity contribution in [3.05, 3.63) is 34.6 Å². The van der Waals surface area contributed by atoms with Gasteiger partial charge >= 0.3 is 0 Å². The molecule has 1 amide bonds. The fraction of sp³-hybridized carbons (Fsp3) is 0.562. The summed E-state index contributed by atoms with van der Waals surface area (Å²) in [6.07, 6.45) is 4.60. The molecule has 1 atom stereocenters. The predicted octanol–water partition coefficient (Wildman–Crippen LogP) is 3.08. The number of nitrogens with zero attached hydrogens (tertiary/aromatic N) is 1. The maximum atomic E-state index is 13.2. The minimum atomic E-state index is -0.487. The average Bonchev–Trinajstić information content (AvgIpc) is 3.04. The highest BCUT2D eigenvalue weighted by molar-refractivity contribution is 6.31. The number of rotatable bonds is 2. The number of likely N-dealkylation sites (tertiary alicyclic amines) is 1. The molecule has 0 aliphatic carbocycles. The number of amides is 1. The number of carbonyl (C=O) groups is 1. The third kappa shape index (κ3) is 3.22. The van der Waals surface area contributed by atoms with Gasteiger partial charge in [0.1, 0.15) is 5.82 Å². The largest absolute Gasteiger partial charge is 0.339 e. The summed E-state index contributed by atoms with van der Waals surface area (Å²) in [7, 11) is 0. The summed E-state index contributed by atoms with van der Waals surface area (Å²) in [5.41, 5.74) is 0.471. The molecule has 0 bridgehead atoms. The Hall–Kier alpha value is -1.13. The Balaban J connectivity index is 1.60. The highest BCUT2D eigenvalue weighted by atomic mass is 35.5. The van der Waals surface area contributed by atoms with Gasteiger partial charge < -0.3 is 10.2 Å². The summed E-state index contributed by atoms with van der Waals surface area (Å²) >= 11 is 5.75. The molecular formula is C16H20ClFN2O. The molecule has 5 heteroatoms. The second kappa shape index (κ2) is 6.32. The molecule has 2 heterocycles. The molecule has 0 spiro atoms. The van der Waals surface area contributed by atoms with Crippen LogP contribution in [0.2, 0.25) is 5.02 Å². The Bertz CT molecular complexity index is 523. The number of benzene rings is 1. The van der Waals surface area contributed by atoms with Crippen molar-refractivity contribution in [2.45, 2.75) is 31.7 Å². The molecule has 2 fully saturated rings. The third-order valence-electron chi connectivity index (χ3n) is 4.66. The van der Waals surface area contributed by atoms with Crippen molar-refractivity contribution in [2.24, 2.45) is 5.92 Å². The van der Waals surface area contributed by atoms with E-state index in [1.807, 2.05) is 4.90 Å². The summed E-state index contributed by atoms with van der Waals surface area (Å²) in [5, 5.41) is 3.56. The quantitative estimate of drug-likeness (QED) is 0.910. The molecule has 0 aromatic heterocycles. The van der Waals surface area contributed by atoms with E-state index in [9.17, 15) is 9.18 Å². The first-order valence-electron chi connectivity index (χ1n) is 7.63. The standard InChI is InChI=1S/C16H20ClFN2O/c17-13-10-12(3-4-14(13)18)16(21)20-8-5-11(6-9-20)15-2-1-7-19-15/h3-4,10-11,15,19H,1-2,5-9H2. The van der Waals surface area contributed by atoms with E-state index in [-0.39, 0.29) is 10.9 Å². The number of nitrogens with one attached hydrogen (secondary N) is 1. The lowest BCUT2D eigenvalue weighted by atomic mass is 9.88. The molecule has 0 radical (unpaired) electrons. The summed E-state index contributed by atoms with van der Waals surface area (Å²) < 4.78 is 13.2. The highest BCUT2D eigenvalue weighted by Gasteiger charge is 2.30. The van der Waals surface area contributed by atoms with Gasteiger partial charge in [-0.15, -0.1) is 0 Å². The van der Waals surface area contributed by atoms with Crippen LogP contribution in [0.15, 0.2) is 18.2 Å². The van der Waals surface area contributed by atoms with Gasteiger partial charge in [0, 0.05) is 24.7 Å². The minimum absolute atomic E-state index is 0.00546. The average molecular weight is 311 g/mol. The van der Waals surface area contributed by atoms with E-state index < -0.39 is 5.82 Å². The third-order valence-corrected chi connectivity index (χ3v) is 4.95. The normalized spacial score (nSPS) is 23.5. The van der Waals surface area contributed by atoms with E-state index >= 15 is 0 Å². The monoisotopic (exact) mass is 310 g/mol. The SMILES string of the molecule is O=C(c1ccc(F)c(Cl)c1)N1CCC(C2CCCN2)CC1. The molecule has 2 saturated heterocycles. The molecule has 1 unspecified atom stereocenters.